The molecule has 8 nitrogen and oxygen atoms in total. The average molecular weight is 510 g/mol. The van der Waals surface area contributed by atoms with Gasteiger partial charge in [0.25, 0.3) is 5.91 Å². The molecule has 0 aliphatic carbocycles. The fourth-order valence-corrected chi connectivity index (χ4v) is 4.45. The first-order valence-corrected chi connectivity index (χ1v) is 12.2. The number of hydrogen-bond donors (Lipinski definition) is 3. The van der Waals surface area contributed by atoms with E-state index in [0.29, 0.717) is 18.5 Å². The lowest BCUT2D eigenvalue weighted by Gasteiger charge is -2.24. The summed E-state index contributed by atoms with van der Waals surface area (Å²) in [6.45, 7) is 2.02. The second kappa shape index (κ2) is 12.3. The minimum absolute atomic E-state index is 0.391. The van der Waals surface area contributed by atoms with Gasteiger partial charge in [0.05, 0.1) is 6.42 Å². The number of rotatable bonds is 12. The predicted molar refractivity (Wildman–Crippen MR) is 138 cm³/mol. The van der Waals surface area contributed by atoms with Gasteiger partial charge in [-0.3, -0.25) is 19.2 Å². The normalized spacial score (nSPS) is 12.8. The number of nitrogens with zero attached hydrogens (tertiary/aromatic N) is 1. The van der Waals surface area contributed by atoms with Crippen molar-refractivity contribution in [3.63, 3.8) is 0 Å². The molecule has 9 heteroatoms. The highest BCUT2D eigenvalue weighted by Crippen LogP contribution is 2.27. The molecule has 0 spiro atoms. The first kappa shape index (κ1) is 27.6. The number of aryl methyl sites for hydroxylation is 3. The second-order valence-electron chi connectivity index (χ2n) is 9.34. The predicted octanol–water partition coefficient (Wildman–Crippen LogP) is 3.22. The zero-order valence-electron chi connectivity index (χ0n) is 21.2. The highest BCUT2D eigenvalue weighted by molar-refractivity contribution is 6.04. The smallest absolute Gasteiger partial charge is 0.305 e. The summed E-state index contributed by atoms with van der Waals surface area (Å²) in [5.74, 6) is -4.00. The van der Waals surface area contributed by atoms with Gasteiger partial charge in [0, 0.05) is 18.0 Å². The molecule has 0 saturated heterocycles. The number of ketones is 1. The zero-order chi connectivity index (χ0) is 27.1. The van der Waals surface area contributed by atoms with Crippen LogP contribution in [0.3, 0.4) is 0 Å². The molecule has 0 aliphatic rings. The van der Waals surface area contributed by atoms with E-state index in [1.807, 2.05) is 54.6 Å². The van der Waals surface area contributed by atoms with Gasteiger partial charge in [-0.1, -0.05) is 62.4 Å². The Morgan fingerprint density at radius 2 is 1.59 bits per heavy atom. The number of halogens is 1. The molecule has 2 aromatic carbocycles. The van der Waals surface area contributed by atoms with Gasteiger partial charge in [-0.2, -0.15) is 0 Å². The average Bonchev–Trinajstić information content (AvgIpc) is 3.16. The minimum atomic E-state index is -1.52. The molecule has 2 amide bonds. The zero-order valence-corrected chi connectivity index (χ0v) is 21.2. The van der Waals surface area contributed by atoms with E-state index in [0.717, 1.165) is 22.0 Å². The van der Waals surface area contributed by atoms with E-state index in [-0.39, 0.29) is 0 Å². The van der Waals surface area contributed by atoms with Crippen LogP contribution in [0.15, 0.2) is 54.6 Å². The molecule has 1 unspecified atom stereocenters. The number of nitrogens with one attached hydrogen (secondary N) is 2. The van der Waals surface area contributed by atoms with Crippen molar-refractivity contribution in [2.24, 2.45) is 13.0 Å². The lowest BCUT2D eigenvalue weighted by molar-refractivity contribution is -0.140. The number of carbonyl (C=O) groups excluding carboxylic acids is 3. The van der Waals surface area contributed by atoms with Gasteiger partial charge in [-0.25, -0.2) is 4.39 Å². The third-order valence-corrected chi connectivity index (χ3v) is 6.38. The van der Waals surface area contributed by atoms with Crippen LogP contribution in [0.5, 0.6) is 0 Å². The summed E-state index contributed by atoms with van der Waals surface area (Å²) in [7, 11) is 1.79. The molecule has 1 heterocycles. The molecule has 3 rings (SSSR count). The number of carbonyl (C=O) groups is 4. The second-order valence-corrected chi connectivity index (χ2v) is 9.34. The maximum absolute atomic E-state index is 13.6. The Balaban J connectivity index is 1.90. The van der Waals surface area contributed by atoms with Crippen LogP contribution in [0.2, 0.25) is 0 Å². The van der Waals surface area contributed by atoms with Gasteiger partial charge in [-0.05, 0) is 36.0 Å². The lowest BCUT2D eigenvalue weighted by atomic mass is 9.99. The number of para-hydroxylation sites is 1. The third kappa shape index (κ3) is 6.61. The summed E-state index contributed by atoms with van der Waals surface area (Å²) < 4.78 is 14.7. The van der Waals surface area contributed by atoms with E-state index in [2.05, 4.69) is 10.6 Å². The Labute approximate surface area is 214 Å². The van der Waals surface area contributed by atoms with E-state index >= 15 is 0 Å². The Morgan fingerprint density at radius 1 is 0.946 bits per heavy atom. The maximum atomic E-state index is 13.6. The number of alkyl halides is 1. The van der Waals surface area contributed by atoms with Crippen LogP contribution in [0, 0.1) is 5.92 Å². The molecule has 3 N–H and O–H groups in total. The molecule has 2 atom stereocenters. The molecule has 0 saturated carbocycles. The van der Waals surface area contributed by atoms with Crippen molar-refractivity contribution < 1.29 is 28.7 Å². The summed E-state index contributed by atoms with van der Waals surface area (Å²) >= 11 is 0. The number of hydrogen-bond acceptors (Lipinski definition) is 4. The Kier molecular flexibility index (Phi) is 9.16. The Bertz CT molecular complexity index is 1290. The van der Waals surface area contributed by atoms with Crippen LogP contribution in [0.1, 0.15) is 41.9 Å². The minimum Gasteiger partial charge on any atom is -0.481 e. The first-order valence-electron chi connectivity index (χ1n) is 12.2. The number of amides is 2. The molecular formula is C28H32FN3O5. The van der Waals surface area contributed by atoms with Crippen LogP contribution in [0.25, 0.3) is 10.9 Å². The van der Waals surface area contributed by atoms with Crippen LogP contribution in [-0.4, -0.2) is 52.0 Å². The number of fused-ring (bicyclic) bond motifs is 1. The van der Waals surface area contributed by atoms with Crippen molar-refractivity contribution in [1.29, 1.82) is 0 Å². The van der Waals surface area contributed by atoms with Gasteiger partial charge in [0.2, 0.25) is 5.91 Å². The molecule has 196 valence electrons. The summed E-state index contributed by atoms with van der Waals surface area (Å²) in [5, 5.41) is 15.1. The van der Waals surface area contributed by atoms with Crippen molar-refractivity contribution in [1.82, 2.24) is 15.2 Å². The SMILES string of the molecule is CC(C)[C@H](NC(=O)c1c(CCc2ccccc2)c2ccccc2n1C)C(=O)NC(CC(=O)O)C(=O)CF. The standard InChI is InChI=1S/C28H32FN3O5/c1-17(2)25(27(36)30-21(15-24(34)35)23(33)16-29)31-28(37)26-20(14-13-18-9-5-4-6-10-18)19-11-7-8-12-22(19)32(26)3/h4-12,17,21,25H,13-16H2,1-3H3,(H,30,36)(H,31,37)(H,34,35)/t21?,25-/m0/s1. The molecule has 37 heavy (non-hydrogen) atoms. The van der Waals surface area contributed by atoms with Gasteiger partial charge < -0.3 is 20.3 Å². The van der Waals surface area contributed by atoms with Crippen molar-refractivity contribution in [2.75, 3.05) is 6.67 Å². The highest BCUT2D eigenvalue weighted by atomic mass is 19.1. The van der Waals surface area contributed by atoms with E-state index in [9.17, 15) is 23.6 Å². The largest absolute Gasteiger partial charge is 0.481 e. The van der Waals surface area contributed by atoms with Gasteiger partial charge in [-0.15, -0.1) is 0 Å². The monoisotopic (exact) mass is 509 g/mol. The number of aliphatic carboxylic acids is 1. The summed E-state index contributed by atoms with van der Waals surface area (Å²) in [6, 6.07) is 15.0. The highest BCUT2D eigenvalue weighted by Gasteiger charge is 2.31. The van der Waals surface area contributed by atoms with Crippen LogP contribution in [-0.2, 0) is 34.3 Å². The van der Waals surface area contributed by atoms with Crippen molar-refractivity contribution in [2.45, 2.75) is 45.2 Å². The number of carboxylic acid groups (broad SMARTS) is 1. The van der Waals surface area contributed by atoms with E-state index in [1.54, 1.807) is 25.5 Å². The Morgan fingerprint density at radius 3 is 2.22 bits per heavy atom. The first-order chi connectivity index (χ1) is 17.6. The van der Waals surface area contributed by atoms with Gasteiger partial charge in [0.15, 0.2) is 5.78 Å². The molecule has 0 radical (unpaired) electrons. The van der Waals surface area contributed by atoms with E-state index in [1.165, 1.54) is 0 Å². The fraction of sp³-hybridized carbons (Fsp3) is 0.357. The molecule has 1 aromatic heterocycles. The van der Waals surface area contributed by atoms with Crippen LogP contribution in [0.4, 0.5) is 4.39 Å². The summed E-state index contributed by atoms with van der Waals surface area (Å²) in [6.07, 6.45) is 0.559. The van der Waals surface area contributed by atoms with Crippen molar-refractivity contribution in [3.05, 3.63) is 71.4 Å². The van der Waals surface area contributed by atoms with Gasteiger partial charge in [0.1, 0.15) is 24.5 Å². The van der Waals surface area contributed by atoms with Crippen LogP contribution >= 0.6 is 0 Å². The quantitative estimate of drug-likeness (QED) is 0.347. The maximum Gasteiger partial charge on any atom is 0.305 e. The molecule has 0 bridgehead atoms. The number of benzene rings is 2. The topological polar surface area (TPSA) is 118 Å². The summed E-state index contributed by atoms with van der Waals surface area (Å²) in [4.78, 5) is 49.6. The summed E-state index contributed by atoms with van der Waals surface area (Å²) in [5.41, 5.74) is 3.26. The molecule has 3 aromatic rings. The lowest BCUT2D eigenvalue weighted by Crippen LogP contribution is -2.54. The van der Waals surface area contributed by atoms with E-state index < -0.39 is 54.7 Å². The number of Topliss-reactive ketones (excluding diaryl/α,β-unsaturated/α-hetero) is 1. The fourth-order valence-electron chi connectivity index (χ4n) is 4.45. The molecule has 0 fully saturated rings. The van der Waals surface area contributed by atoms with Crippen LogP contribution < -0.4 is 10.6 Å². The third-order valence-electron chi connectivity index (χ3n) is 6.38. The van der Waals surface area contributed by atoms with E-state index in [4.69, 9.17) is 5.11 Å². The number of carboxylic acids is 1. The van der Waals surface area contributed by atoms with Gasteiger partial charge >= 0.3 is 5.97 Å². The molecule has 0 aliphatic heterocycles. The van der Waals surface area contributed by atoms with Crippen molar-refractivity contribution >= 4 is 34.5 Å². The molecular weight excluding hydrogens is 477 g/mol. The number of aromatic nitrogens is 1. The van der Waals surface area contributed by atoms with Crippen molar-refractivity contribution in [3.8, 4) is 0 Å². The Hall–Kier alpha value is -4.01.